The average Bonchev–Trinajstić information content (AvgIpc) is 2.82. The largest absolute Gasteiger partial charge is 0.548 e. The Bertz CT molecular complexity index is 508. The number of amides is 1. The lowest BCUT2D eigenvalue weighted by atomic mass is 10.1. The summed E-state index contributed by atoms with van der Waals surface area (Å²) in [5.74, 6) is -1.68. The van der Waals surface area contributed by atoms with Crippen LogP contribution >= 0.6 is 11.8 Å². The number of nitrogens with zero attached hydrogens (tertiary/aromatic N) is 1. The predicted molar refractivity (Wildman–Crippen MR) is 67.5 cm³/mol. The van der Waals surface area contributed by atoms with Gasteiger partial charge in [0.25, 0.3) is 0 Å². The Morgan fingerprint density at radius 2 is 2.26 bits per heavy atom. The first-order valence-electron chi connectivity index (χ1n) is 5.93. The molecule has 1 heterocycles. The van der Waals surface area contributed by atoms with E-state index < -0.39 is 23.2 Å². The molecule has 0 spiro atoms. The Hall–Kier alpha value is -1.56. The van der Waals surface area contributed by atoms with Crippen molar-refractivity contribution in [1.82, 2.24) is 4.90 Å². The molecule has 2 rings (SSSR count). The number of rotatable bonds is 3. The number of aliphatic carboxylic acids is 1. The van der Waals surface area contributed by atoms with E-state index in [0.29, 0.717) is 5.56 Å². The lowest BCUT2D eigenvalue weighted by Crippen LogP contribution is -2.48. The molecule has 1 fully saturated rings. The molecule has 2 atom stereocenters. The number of carbonyl (C=O) groups excluding carboxylic acids is 2. The van der Waals surface area contributed by atoms with Crippen LogP contribution in [0.25, 0.3) is 0 Å². The summed E-state index contributed by atoms with van der Waals surface area (Å²) >= 11 is 1.31. The molecule has 1 aliphatic rings. The summed E-state index contributed by atoms with van der Waals surface area (Å²) in [6.07, 6.45) is 0.205. The smallest absolute Gasteiger partial charge is 0.224 e. The highest BCUT2D eigenvalue weighted by molar-refractivity contribution is 7.99. The van der Waals surface area contributed by atoms with Crippen molar-refractivity contribution in [2.24, 2.45) is 0 Å². The van der Waals surface area contributed by atoms with Gasteiger partial charge < -0.3 is 14.8 Å². The second-order valence-electron chi connectivity index (χ2n) is 4.23. The molecule has 0 saturated carbocycles. The minimum atomic E-state index is -1.27. The predicted octanol–water partition coefficient (Wildman–Crippen LogP) is 0.928. The summed E-state index contributed by atoms with van der Waals surface area (Å²) in [5.41, 5.74) is 0.593. The third-order valence-electron chi connectivity index (χ3n) is 3.00. The normalized spacial score (nSPS) is 22.5. The standard InChI is InChI=1S/C13H14FNO3S/c1-2-11(16)15-10(13(17)18)7-19-12(15)8-4-3-5-9(14)6-8/h3-6,10,12H,2,7H2,1H3,(H,17,18)/p-1/t10-,12-/m0/s1. The van der Waals surface area contributed by atoms with Gasteiger partial charge in [-0.05, 0) is 17.7 Å². The van der Waals surface area contributed by atoms with Gasteiger partial charge in [-0.15, -0.1) is 11.8 Å². The monoisotopic (exact) mass is 282 g/mol. The van der Waals surface area contributed by atoms with Crippen LogP contribution < -0.4 is 5.11 Å². The number of thioether (sulfide) groups is 1. The Morgan fingerprint density at radius 3 is 2.84 bits per heavy atom. The Kier molecular flexibility index (Phi) is 4.09. The molecule has 1 saturated heterocycles. The summed E-state index contributed by atoms with van der Waals surface area (Å²) in [6.45, 7) is 1.67. The van der Waals surface area contributed by atoms with Crippen molar-refractivity contribution in [2.75, 3.05) is 5.75 Å². The fraction of sp³-hybridized carbons (Fsp3) is 0.385. The number of hydrogen-bond acceptors (Lipinski definition) is 4. The van der Waals surface area contributed by atoms with Crippen LogP contribution in [0.3, 0.4) is 0 Å². The van der Waals surface area contributed by atoms with Gasteiger partial charge in [0.15, 0.2) is 0 Å². The van der Waals surface area contributed by atoms with Crippen LogP contribution in [0.2, 0.25) is 0 Å². The molecule has 4 nitrogen and oxygen atoms in total. The van der Waals surface area contributed by atoms with Crippen LogP contribution in [0.4, 0.5) is 4.39 Å². The Labute approximate surface area is 114 Å². The molecule has 19 heavy (non-hydrogen) atoms. The van der Waals surface area contributed by atoms with Gasteiger partial charge in [0.1, 0.15) is 11.2 Å². The van der Waals surface area contributed by atoms with Gasteiger partial charge in [0.2, 0.25) is 5.91 Å². The molecular formula is C13H13FNO3S-. The molecule has 0 bridgehead atoms. The molecule has 0 unspecified atom stereocenters. The molecule has 0 radical (unpaired) electrons. The molecule has 102 valence electrons. The van der Waals surface area contributed by atoms with Gasteiger partial charge >= 0.3 is 0 Å². The van der Waals surface area contributed by atoms with E-state index in [2.05, 4.69) is 0 Å². The van der Waals surface area contributed by atoms with Crippen molar-refractivity contribution in [2.45, 2.75) is 24.8 Å². The van der Waals surface area contributed by atoms with Gasteiger partial charge in [-0.25, -0.2) is 4.39 Å². The van der Waals surface area contributed by atoms with Gasteiger partial charge in [-0.1, -0.05) is 19.1 Å². The zero-order valence-corrected chi connectivity index (χ0v) is 11.2. The first-order chi connectivity index (χ1) is 9.04. The number of carbonyl (C=O) groups is 2. The highest BCUT2D eigenvalue weighted by atomic mass is 32.2. The summed E-state index contributed by atoms with van der Waals surface area (Å²) < 4.78 is 13.2. The minimum Gasteiger partial charge on any atom is -0.548 e. The first-order valence-corrected chi connectivity index (χ1v) is 6.98. The third-order valence-corrected chi connectivity index (χ3v) is 4.32. The molecular weight excluding hydrogens is 269 g/mol. The number of halogens is 1. The second kappa shape index (κ2) is 5.61. The van der Waals surface area contributed by atoms with Crippen molar-refractivity contribution < 1.29 is 19.1 Å². The fourth-order valence-corrected chi connectivity index (χ4v) is 3.52. The fourth-order valence-electron chi connectivity index (χ4n) is 2.09. The number of benzene rings is 1. The Balaban J connectivity index is 2.34. The Morgan fingerprint density at radius 1 is 1.53 bits per heavy atom. The minimum absolute atomic E-state index is 0.205. The van der Waals surface area contributed by atoms with Crippen molar-refractivity contribution >= 4 is 23.6 Å². The van der Waals surface area contributed by atoms with E-state index in [1.807, 2.05) is 0 Å². The molecule has 1 amide bonds. The van der Waals surface area contributed by atoms with E-state index in [0.717, 1.165) is 0 Å². The van der Waals surface area contributed by atoms with Crippen LogP contribution in [0, 0.1) is 5.82 Å². The highest BCUT2D eigenvalue weighted by Crippen LogP contribution is 2.41. The van der Waals surface area contributed by atoms with Gasteiger partial charge in [0.05, 0.1) is 12.0 Å². The second-order valence-corrected chi connectivity index (χ2v) is 5.34. The molecule has 1 aliphatic heterocycles. The first kappa shape index (κ1) is 13.9. The van der Waals surface area contributed by atoms with Gasteiger partial charge in [-0.3, -0.25) is 4.79 Å². The van der Waals surface area contributed by atoms with E-state index in [1.165, 1.54) is 28.8 Å². The SMILES string of the molecule is CCC(=O)N1[C@H](C(=O)[O-])CS[C@H]1c1cccc(F)c1. The van der Waals surface area contributed by atoms with Gasteiger partial charge in [-0.2, -0.15) is 0 Å². The third kappa shape index (κ3) is 2.73. The number of carboxylic acids is 1. The molecule has 0 N–H and O–H groups in total. The van der Waals surface area contributed by atoms with E-state index in [9.17, 15) is 19.1 Å². The van der Waals surface area contributed by atoms with E-state index in [1.54, 1.807) is 19.1 Å². The molecule has 1 aromatic carbocycles. The van der Waals surface area contributed by atoms with E-state index >= 15 is 0 Å². The zero-order chi connectivity index (χ0) is 14.0. The van der Waals surface area contributed by atoms with Crippen LogP contribution in [-0.4, -0.2) is 28.6 Å². The summed E-state index contributed by atoms with van der Waals surface area (Å²) in [6, 6.07) is 4.92. The zero-order valence-electron chi connectivity index (χ0n) is 10.3. The number of hydrogen-bond donors (Lipinski definition) is 0. The van der Waals surface area contributed by atoms with Crippen LogP contribution in [0.15, 0.2) is 24.3 Å². The van der Waals surface area contributed by atoms with Crippen LogP contribution in [0.5, 0.6) is 0 Å². The highest BCUT2D eigenvalue weighted by Gasteiger charge is 2.38. The summed E-state index contributed by atoms with van der Waals surface area (Å²) in [5, 5.41) is 10.6. The van der Waals surface area contributed by atoms with Crippen molar-refractivity contribution in [3.05, 3.63) is 35.6 Å². The van der Waals surface area contributed by atoms with Crippen LogP contribution in [0.1, 0.15) is 24.3 Å². The molecule has 6 heteroatoms. The van der Waals surface area contributed by atoms with E-state index in [-0.39, 0.29) is 18.1 Å². The van der Waals surface area contributed by atoms with Crippen LogP contribution in [-0.2, 0) is 9.59 Å². The quantitative estimate of drug-likeness (QED) is 0.827. The lowest BCUT2D eigenvalue weighted by molar-refractivity contribution is -0.310. The average molecular weight is 282 g/mol. The lowest BCUT2D eigenvalue weighted by Gasteiger charge is -2.30. The molecule has 0 aliphatic carbocycles. The van der Waals surface area contributed by atoms with Crippen molar-refractivity contribution in [3.8, 4) is 0 Å². The van der Waals surface area contributed by atoms with Crippen molar-refractivity contribution in [3.63, 3.8) is 0 Å². The maximum absolute atomic E-state index is 13.2. The summed E-state index contributed by atoms with van der Waals surface area (Å²) in [7, 11) is 0. The van der Waals surface area contributed by atoms with Gasteiger partial charge in [0, 0.05) is 12.2 Å². The van der Waals surface area contributed by atoms with Crippen molar-refractivity contribution in [1.29, 1.82) is 0 Å². The number of carboxylic acid groups (broad SMARTS) is 1. The summed E-state index contributed by atoms with van der Waals surface area (Å²) in [4.78, 5) is 24.3. The van der Waals surface area contributed by atoms with E-state index in [4.69, 9.17) is 0 Å². The molecule has 0 aromatic heterocycles. The topological polar surface area (TPSA) is 60.4 Å². The maximum Gasteiger partial charge on any atom is 0.224 e. The maximum atomic E-state index is 13.2. The molecule has 1 aromatic rings.